The van der Waals surface area contributed by atoms with Crippen molar-refractivity contribution >= 4 is 11.6 Å². The summed E-state index contributed by atoms with van der Waals surface area (Å²) in [5, 5.41) is 3.40. The molecule has 1 aromatic heterocycles. The normalized spacial score (nSPS) is 10.7. The molecule has 0 bridgehead atoms. The number of carbonyl (C=O) groups excluding carboxylic acids is 1. The van der Waals surface area contributed by atoms with Crippen LogP contribution in [0.15, 0.2) is 36.7 Å². The number of hydrogen-bond acceptors (Lipinski definition) is 4. The lowest BCUT2D eigenvalue weighted by atomic mass is 10.1. The summed E-state index contributed by atoms with van der Waals surface area (Å²) in [7, 11) is 4.02. The van der Waals surface area contributed by atoms with Gasteiger partial charge in [0.2, 0.25) is 5.91 Å². The lowest BCUT2D eigenvalue weighted by Crippen LogP contribution is -2.15. The minimum atomic E-state index is -0.419. The predicted octanol–water partition coefficient (Wildman–Crippen LogP) is 2.16. The predicted molar refractivity (Wildman–Crippen MR) is 88.7 cm³/mol. The van der Waals surface area contributed by atoms with Gasteiger partial charge in [0, 0.05) is 36.7 Å². The molecule has 2 rings (SSSR count). The first-order chi connectivity index (χ1) is 10.5. The Morgan fingerprint density at radius 1 is 1.27 bits per heavy atom. The zero-order valence-electron chi connectivity index (χ0n) is 13.3. The number of aromatic nitrogens is 1. The summed E-state index contributed by atoms with van der Waals surface area (Å²) in [6.07, 6.45) is 3.63. The van der Waals surface area contributed by atoms with E-state index in [2.05, 4.69) is 22.1 Å². The molecule has 0 unspecified atom stereocenters. The summed E-state index contributed by atoms with van der Waals surface area (Å²) in [4.78, 5) is 17.6. The lowest BCUT2D eigenvalue weighted by Gasteiger charge is -2.17. The van der Waals surface area contributed by atoms with E-state index >= 15 is 0 Å². The molecule has 0 spiro atoms. The van der Waals surface area contributed by atoms with Crippen molar-refractivity contribution in [3.63, 3.8) is 0 Å². The van der Waals surface area contributed by atoms with E-state index in [-0.39, 0.29) is 0 Å². The molecule has 116 valence electrons. The summed E-state index contributed by atoms with van der Waals surface area (Å²) in [5.74, 6) is -0.419. The van der Waals surface area contributed by atoms with Crippen LogP contribution < -0.4 is 11.1 Å². The third-order valence-electron chi connectivity index (χ3n) is 3.50. The van der Waals surface area contributed by atoms with E-state index in [1.807, 2.05) is 38.5 Å². The molecule has 0 atom stereocenters. The number of pyridine rings is 1. The summed E-state index contributed by atoms with van der Waals surface area (Å²) in [6, 6.07) is 7.50. The molecule has 0 radical (unpaired) electrons. The van der Waals surface area contributed by atoms with Crippen molar-refractivity contribution in [1.29, 1.82) is 0 Å². The number of rotatable bonds is 6. The second-order valence-corrected chi connectivity index (χ2v) is 5.63. The van der Waals surface area contributed by atoms with E-state index < -0.39 is 5.91 Å². The van der Waals surface area contributed by atoms with Crippen LogP contribution in [0.25, 0.3) is 0 Å². The number of hydrogen-bond donors (Lipinski definition) is 2. The molecule has 5 heteroatoms. The maximum Gasteiger partial charge on any atom is 0.248 e. The molecule has 1 amide bonds. The molecule has 2 aromatic rings. The fourth-order valence-corrected chi connectivity index (χ4v) is 2.25. The molecule has 5 nitrogen and oxygen atoms in total. The molecule has 0 saturated carbocycles. The molecular weight excluding hydrogens is 276 g/mol. The highest BCUT2D eigenvalue weighted by Crippen LogP contribution is 2.20. The van der Waals surface area contributed by atoms with Gasteiger partial charge in [-0.15, -0.1) is 0 Å². The molecule has 0 fully saturated rings. The van der Waals surface area contributed by atoms with E-state index in [1.165, 1.54) is 5.56 Å². The van der Waals surface area contributed by atoms with Crippen LogP contribution in [0.2, 0.25) is 0 Å². The van der Waals surface area contributed by atoms with Crippen LogP contribution in [0.4, 0.5) is 5.69 Å². The highest BCUT2D eigenvalue weighted by Gasteiger charge is 2.09. The first-order valence-electron chi connectivity index (χ1n) is 7.18. The fourth-order valence-electron chi connectivity index (χ4n) is 2.25. The maximum absolute atomic E-state index is 11.4. The van der Waals surface area contributed by atoms with Crippen molar-refractivity contribution in [3.8, 4) is 0 Å². The number of primary amides is 1. The molecular formula is C17H22N4O. The second kappa shape index (κ2) is 7.04. The number of carbonyl (C=O) groups is 1. The number of nitrogens with one attached hydrogen (secondary N) is 1. The standard InChI is InChI=1S/C17H22N4O/c1-12-6-7-19-9-15(12)10-20-16-8-13(17(18)22)4-5-14(16)11-21(2)3/h4-9,20H,10-11H2,1-3H3,(H2,18,22). The Morgan fingerprint density at radius 3 is 2.68 bits per heavy atom. The molecule has 0 aliphatic carbocycles. The van der Waals surface area contributed by atoms with Gasteiger partial charge in [-0.1, -0.05) is 6.07 Å². The lowest BCUT2D eigenvalue weighted by molar-refractivity contribution is 0.100. The number of nitrogens with two attached hydrogens (primary N) is 1. The van der Waals surface area contributed by atoms with Crippen molar-refractivity contribution in [3.05, 3.63) is 58.9 Å². The van der Waals surface area contributed by atoms with Crippen molar-refractivity contribution in [2.24, 2.45) is 5.73 Å². The van der Waals surface area contributed by atoms with Crippen LogP contribution in [-0.2, 0) is 13.1 Å². The Bertz CT molecular complexity index is 667. The van der Waals surface area contributed by atoms with E-state index in [4.69, 9.17) is 5.73 Å². The highest BCUT2D eigenvalue weighted by molar-refractivity contribution is 5.94. The molecule has 3 N–H and O–H groups in total. The minimum absolute atomic E-state index is 0.419. The van der Waals surface area contributed by atoms with Crippen LogP contribution in [0, 0.1) is 6.92 Å². The van der Waals surface area contributed by atoms with Gasteiger partial charge in [-0.3, -0.25) is 9.78 Å². The van der Waals surface area contributed by atoms with Gasteiger partial charge in [-0.05, 0) is 55.9 Å². The number of anilines is 1. The van der Waals surface area contributed by atoms with Gasteiger partial charge in [0.1, 0.15) is 0 Å². The third kappa shape index (κ3) is 4.05. The van der Waals surface area contributed by atoms with Crippen LogP contribution >= 0.6 is 0 Å². The summed E-state index contributed by atoms with van der Waals surface area (Å²) < 4.78 is 0. The topological polar surface area (TPSA) is 71.2 Å². The van der Waals surface area contributed by atoms with Crippen LogP contribution in [0.5, 0.6) is 0 Å². The van der Waals surface area contributed by atoms with Crippen LogP contribution in [0.3, 0.4) is 0 Å². The van der Waals surface area contributed by atoms with Gasteiger partial charge < -0.3 is 16.0 Å². The van der Waals surface area contributed by atoms with Crippen molar-refractivity contribution in [1.82, 2.24) is 9.88 Å². The molecule has 22 heavy (non-hydrogen) atoms. The Kier molecular flexibility index (Phi) is 5.12. The first kappa shape index (κ1) is 16.0. The van der Waals surface area contributed by atoms with Gasteiger partial charge in [0.05, 0.1) is 0 Å². The molecule has 1 aromatic carbocycles. The number of benzene rings is 1. The Balaban J connectivity index is 2.24. The zero-order valence-corrected chi connectivity index (χ0v) is 13.3. The van der Waals surface area contributed by atoms with Crippen molar-refractivity contribution < 1.29 is 4.79 Å². The van der Waals surface area contributed by atoms with E-state index in [0.717, 1.165) is 23.4 Å². The Hall–Kier alpha value is -2.40. The zero-order chi connectivity index (χ0) is 16.1. The smallest absolute Gasteiger partial charge is 0.248 e. The third-order valence-corrected chi connectivity index (χ3v) is 3.50. The fraction of sp³-hybridized carbons (Fsp3) is 0.294. The van der Waals surface area contributed by atoms with Gasteiger partial charge in [0.15, 0.2) is 0 Å². The average molecular weight is 298 g/mol. The molecule has 0 saturated heterocycles. The Labute approximate surface area is 131 Å². The van der Waals surface area contributed by atoms with Crippen LogP contribution in [-0.4, -0.2) is 29.9 Å². The monoisotopic (exact) mass is 298 g/mol. The number of aryl methyl sites for hydroxylation is 1. The SMILES string of the molecule is Cc1ccncc1CNc1cc(C(N)=O)ccc1CN(C)C. The second-order valence-electron chi connectivity index (χ2n) is 5.63. The summed E-state index contributed by atoms with van der Waals surface area (Å²) in [5.41, 5.74) is 10.2. The van der Waals surface area contributed by atoms with Crippen molar-refractivity contribution in [2.75, 3.05) is 19.4 Å². The van der Waals surface area contributed by atoms with E-state index in [0.29, 0.717) is 12.1 Å². The van der Waals surface area contributed by atoms with Gasteiger partial charge in [-0.2, -0.15) is 0 Å². The molecule has 0 aliphatic heterocycles. The number of nitrogens with zero attached hydrogens (tertiary/aromatic N) is 2. The quantitative estimate of drug-likeness (QED) is 0.857. The van der Waals surface area contributed by atoms with E-state index in [9.17, 15) is 4.79 Å². The summed E-state index contributed by atoms with van der Waals surface area (Å²) in [6.45, 7) is 3.50. The molecule has 0 aliphatic rings. The Morgan fingerprint density at radius 2 is 2.05 bits per heavy atom. The van der Waals surface area contributed by atoms with E-state index in [1.54, 1.807) is 12.3 Å². The van der Waals surface area contributed by atoms with Crippen LogP contribution in [0.1, 0.15) is 27.0 Å². The highest BCUT2D eigenvalue weighted by atomic mass is 16.1. The summed E-state index contributed by atoms with van der Waals surface area (Å²) >= 11 is 0. The van der Waals surface area contributed by atoms with Crippen molar-refractivity contribution in [2.45, 2.75) is 20.0 Å². The van der Waals surface area contributed by atoms with Gasteiger partial charge in [0.25, 0.3) is 0 Å². The van der Waals surface area contributed by atoms with Gasteiger partial charge in [-0.25, -0.2) is 0 Å². The maximum atomic E-state index is 11.4. The minimum Gasteiger partial charge on any atom is -0.381 e. The molecule has 1 heterocycles. The van der Waals surface area contributed by atoms with Gasteiger partial charge >= 0.3 is 0 Å². The first-order valence-corrected chi connectivity index (χ1v) is 7.18. The number of amides is 1. The average Bonchev–Trinajstić information content (AvgIpc) is 2.47. The largest absolute Gasteiger partial charge is 0.381 e.